The molecule has 0 radical (unpaired) electrons. The summed E-state index contributed by atoms with van der Waals surface area (Å²) >= 11 is 0. The Labute approximate surface area is 88.1 Å². The fraction of sp³-hybridized carbons (Fsp3) is 0.444. The Bertz CT molecular complexity index is 330. The minimum Gasteiger partial charge on any atom is -0.469 e. The van der Waals surface area contributed by atoms with Crippen molar-refractivity contribution in [1.29, 1.82) is 0 Å². The van der Waals surface area contributed by atoms with Gasteiger partial charge in [0.15, 0.2) is 0 Å². The molecule has 15 heavy (non-hydrogen) atoms. The highest BCUT2D eigenvalue weighted by Gasteiger charge is 2.00. The van der Waals surface area contributed by atoms with Gasteiger partial charge in [-0.05, 0) is 0 Å². The maximum Gasteiger partial charge on any atom is 0.307 e. The topological polar surface area (TPSA) is 76.1 Å². The van der Waals surface area contributed by atoms with E-state index in [2.05, 4.69) is 25.3 Å². The van der Waals surface area contributed by atoms with E-state index in [1.165, 1.54) is 13.4 Å². The molecule has 0 saturated heterocycles. The van der Waals surface area contributed by atoms with Gasteiger partial charge in [-0.3, -0.25) is 4.79 Å². The molecule has 1 rings (SSSR count). The van der Waals surface area contributed by atoms with Gasteiger partial charge in [-0.25, -0.2) is 9.97 Å². The lowest BCUT2D eigenvalue weighted by atomic mass is 10.4. The molecule has 0 amide bonds. The van der Waals surface area contributed by atoms with Crippen molar-refractivity contribution >= 4 is 17.6 Å². The Morgan fingerprint density at radius 1 is 1.47 bits per heavy atom. The zero-order valence-electron chi connectivity index (χ0n) is 8.78. The first-order valence-corrected chi connectivity index (χ1v) is 4.56. The minimum absolute atomic E-state index is 0.245. The molecule has 0 unspecified atom stereocenters. The first kappa shape index (κ1) is 11.2. The van der Waals surface area contributed by atoms with E-state index >= 15 is 0 Å². The number of ether oxygens (including phenoxy) is 1. The third-order valence-electron chi connectivity index (χ3n) is 1.79. The lowest BCUT2D eigenvalue weighted by Gasteiger charge is -2.05. The van der Waals surface area contributed by atoms with Crippen LogP contribution in [0.1, 0.15) is 6.42 Å². The fourth-order valence-corrected chi connectivity index (χ4v) is 0.985. The molecule has 0 aromatic carbocycles. The predicted molar refractivity (Wildman–Crippen MR) is 56.7 cm³/mol. The quantitative estimate of drug-likeness (QED) is 0.689. The number of rotatable bonds is 5. The van der Waals surface area contributed by atoms with Crippen molar-refractivity contribution in [2.24, 2.45) is 0 Å². The summed E-state index contributed by atoms with van der Waals surface area (Å²) in [5.41, 5.74) is 0. The average molecular weight is 210 g/mol. The van der Waals surface area contributed by atoms with Gasteiger partial charge in [0.2, 0.25) is 0 Å². The second-order valence-corrected chi connectivity index (χ2v) is 2.79. The van der Waals surface area contributed by atoms with Gasteiger partial charge in [0.25, 0.3) is 0 Å². The molecule has 2 N–H and O–H groups in total. The number of nitrogens with one attached hydrogen (secondary N) is 2. The van der Waals surface area contributed by atoms with Crippen LogP contribution in [-0.2, 0) is 9.53 Å². The molecule has 1 aromatic rings. The fourth-order valence-electron chi connectivity index (χ4n) is 0.985. The van der Waals surface area contributed by atoms with Gasteiger partial charge in [-0.15, -0.1) is 0 Å². The molecule has 0 spiro atoms. The summed E-state index contributed by atoms with van der Waals surface area (Å²) in [6, 6.07) is 1.76. The second kappa shape index (κ2) is 5.79. The van der Waals surface area contributed by atoms with E-state index in [1.54, 1.807) is 13.1 Å². The number of carbonyl (C=O) groups is 1. The Balaban J connectivity index is 2.40. The molecule has 0 fully saturated rings. The van der Waals surface area contributed by atoms with Crippen molar-refractivity contribution in [2.45, 2.75) is 6.42 Å². The normalized spacial score (nSPS) is 9.47. The number of methoxy groups -OCH3 is 1. The van der Waals surface area contributed by atoms with Crippen molar-refractivity contribution < 1.29 is 9.53 Å². The zero-order chi connectivity index (χ0) is 11.1. The van der Waals surface area contributed by atoms with Crippen LogP contribution >= 0.6 is 0 Å². The first-order chi connectivity index (χ1) is 7.26. The van der Waals surface area contributed by atoms with Gasteiger partial charge >= 0.3 is 5.97 Å². The summed E-state index contributed by atoms with van der Waals surface area (Å²) in [4.78, 5) is 18.8. The summed E-state index contributed by atoms with van der Waals surface area (Å²) in [7, 11) is 3.15. The smallest absolute Gasteiger partial charge is 0.307 e. The van der Waals surface area contributed by atoms with E-state index < -0.39 is 0 Å². The lowest BCUT2D eigenvalue weighted by Crippen LogP contribution is -2.10. The number of hydrogen-bond acceptors (Lipinski definition) is 6. The summed E-state index contributed by atoms with van der Waals surface area (Å²) in [6.45, 7) is 0.493. The highest BCUT2D eigenvalue weighted by Crippen LogP contribution is 2.07. The highest BCUT2D eigenvalue weighted by atomic mass is 16.5. The predicted octanol–water partition coefficient (Wildman–Crippen LogP) is 0.493. The van der Waals surface area contributed by atoms with E-state index in [1.807, 2.05) is 0 Å². The molecule has 6 nitrogen and oxygen atoms in total. The number of nitrogens with zero attached hydrogens (tertiary/aromatic N) is 2. The number of aromatic nitrogens is 2. The minimum atomic E-state index is -0.245. The van der Waals surface area contributed by atoms with Crippen LogP contribution in [0.4, 0.5) is 11.6 Å². The van der Waals surface area contributed by atoms with Crippen LogP contribution in [0.15, 0.2) is 12.4 Å². The van der Waals surface area contributed by atoms with Crippen molar-refractivity contribution in [3.05, 3.63) is 12.4 Å². The Hall–Kier alpha value is -1.85. The second-order valence-electron chi connectivity index (χ2n) is 2.79. The summed E-state index contributed by atoms with van der Waals surface area (Å²) in [6.07, 6.45) is 1.77. The van der Waals surface area contributed by atoms with Gasteiger partial charge in [0.05, 0.1) is 13.5 Å². The summed E-state index contributed by atoms with van der Waals surface area (Å²) < 4.78 is 4.51. The van der Waals surface area contributed by atoms with Crippen molar-refractivity contribution in [1.82, 2.24) is 9.97 Å². The van der Waals surface area contributed by atoms with E-state index in [-0.39, 0.29) is 5.97 Å². The number of anilines is 2. The summed E-state index contributed by atoms with van der Waals surface area (Å²) in [5, 5.41) is 5.89. The molecule has 6 heteroatoms. The zero-order valence-corrected chi connectivity index (χ0v) is 8.78. The standard InChI is InChI=1S/C9H14N4O2/c1-10-7-5-8(13-6-12-7)11-4-3-9(14)15-2/h5-6H,3-4H2,1-2H3,(H2,10,11,12,13). The van der Waals surface area contributed by atoms with Gasteiger partial charge in [0.1, 0.15) is 18.0 Å². The van der Waals surface area contributed by atoms with Crippen LogP contribution in [-0.4, -0.2) is 36.6 Å². The number of esters is 1. The monoisotopic (exact) mass is 210 g/mol. The van der Waals surface area contributed by atoms with Crippen molar-refractivity contribution in [3.8, 4) is 0 Å². The molecule has 0 saturated carbocycles. The maximum absolute atomic E-state index is 10.8. The van der Waals surface area contributed by atoms with Gasteiger partial charge < -0.3 is 15.4 Å². The average Bonchev–Trinajstić information content (AvgIpc) is 2.29. The molecule has 0 aliphatic rings. The van der Waals surface area contributed by atoms with Gasteiger partial charge in [-0.2, -0.15) is 0 Å². The molecule has 0 aliphatic heterocycles. The number of hydrogen-bond donors (Lipinski definition) is 2. The lowest BCUT2D eigenvalue weighted by molar-refractivity contribution is -0.140. The molecule has 0 aliphatic carbocycles. The Morgan fingerprint density at radius 2 is 2.20 bits per heavy atom. The van der Waals surface area contributed by atoms with E-state index in [0.717, 1.165) is 5.82 Å². The van der Waals surface area contributed by atoms with Crippen LogP contribution < -0.4 is 10.6 Å². The SMILES string of the molecule is CNc1cc(NCCC(=O)OC)ncn1. The third kappa shape index (κ3) is 3.80. The molecule has 1 aromatic heterocycles. The van der Waals surface area contributed by atoms with E-state index in [9.17, 15) is 4.79 Å². The highest BCUT2D eigenvalue weighted by molar-refractivity contribution is 5.69. The molecule has 1 heterocycles. The summed E-state index contributed by atoms with van der Waals surface area (Å²) in [5.74, 6) is 1.16. The Kier molecular flexibility index (Phi) is 4.33. The van der Waals surface area contributed by atoms with Crippen LogP contribution in [0, 0.1) is 0 Å². The first-order valence-electron chi connectivity index (χ1n) is 4.56. The van der Waals surface area contributed by atoms with E-state index in [0.29, 0.717) is 18.8 Å². The van der Waals surface area contributed by atoms with Crippen LogP contribution in [0.3, 0.4) is 0 Å². The maximum atomic E-state index is 10.8. The largest absolute Gasteiger partial charge is 0.469 e. The number of carbonyl (C=O) groups excluding carboxylic acids is 1. The van der Waals surface area contributed by atoms with Gasteiger partial charge in [-0.1, -0.05) is 0 Å². The van der Waals surface area contributed by atoms with Crippen LogP contribution in [0.2, 0.25) is 0 Å². The van der Waals surface area contributed by atoms with Crippen molar-refractivity contribution in [2.75, 3.05) is 31.3 Å². The third-order valence-corrected chi connectivity index (χ3v) is 1.79. The molecule has 0 atom stereocenters. The molecular formula is C9H14N4O2. The molecule has 0 bridgehead atoms. The molecular weight excluding hydrogens is 196 g/mol. The van der Waals surface area contributed by atoms with E-state index in [4.69, 9.17) is 0 Å². The van der Waals surface area contributed by atoms with Crippen LogP contribution in [0.5, 0.6) is 0 Å². The molecule has 82 valence electrons. The Morgan fingerprint density at radius 3 is 2.87 bits per heavy atom. The van der Waals surface area contributed by atoms with Crippen LogP contribution in [0.25, 0.3) is 0 Å². The van der Waals surface area contributed by atoms with Gasteiger partial charge in [0, 0.05) is 19.7 Å². The van der Waals surface area contributed by atoms with Crippen molar-refractivity contribution in [3.63, 3.8) is 0 Å².